The molecule has 1 fully saturated rings. The highest BCUT2D eigenvalue weighted by atomic mass is 35.5. The van der Waals surface area contributed by atoms with Crippen LogP contribution in [0.4, 0.5) is 5.95 Å². The van der Waals surface area contributed by atoms with Crippen LogP contribution >= 0.6 is 35.4 Å². The van der Waals surface area contributed by atoms with E-state index in [9.17, 15) is 0 Å². The minimum absolute atomic E-state index is 0.447. The summed E-state index contributed by atoms with van der Waals surface area (Å²) < 4.78 is 1.68. The predicted molar refractivity (Wildman–Crippen MR) is 102 cm³/mol. The molecule has 0 spiro atoms. The van der Waals surface area contributed by atoms with Gasteiger partial charge in [-0.1, -0.05) is 48.5 Å². The maximum atomic E-state index is 6.19. The second kappa shape index (κ2) is 8.14. The molecule has 0 radical (unpaired) electrons. The molecule has 1 aromatic heterocycles. The molecule has 2 N–H and O–H groups in total. The molecule has 128 valence electrons. The maximum Gasteiger partial charge on any atom is 0.248 e. The number of aromatic nitrogens is 3. The van der Waals surface area contributed by atoms with E-state index < -0.39 is 0 Å². The first-order chi connectivity index (χ1) is 11.6. The summed E-state index contributed by atoms with van der Waals surface area (Å²) in [7, 11) is 0. The summed E-state index contributed by atoms with van der Waals surface area (Å²) in [5, 5.41) is 12.5. The monoisotopic (exact) mass is 383 g/mol. The first-order valence-electron chi connectivity index (χ1n) is 8.01. The summed E-state index contributed by atoms with van der Waals surface area (Å²) in [6.07, 6.45) is 7.78. The molecule has 2 aromatic rings. The second-order valence-corrected chi connectivity index (χ2v) is 7.12. The summed E-state index contributed by atoms with van der Waals surface area (Å²) in [6.45, 7) is 0.454. The van der Waals surface area contributed by atoms with Gasteiger partial charge in [0, 0.05) is 21.7 Å². The van der Waals surface area contributed by atoms with Gasteiger partial charge in [-0.05, 0) is 37.2 Å². The Labute approximate surface area is 156 Å². The van der Waals surface area contributed by atoms with E-state index in [0.29, 0.717) is 33.7 Å². The fraction of sp³-hybridized carbons (Fsp3) is 0.438. The van der Waals surface area contributed by atoms with Gasteiger partial charge in [0.25, 0.3) is 0 Å². The Morgan fingerprint density at radius 2 is 1.92 bits per heavy atom. The van der Waals surface area contributed by atoms with Gasteiger partial charge in [-0.15, -0.1) is 5.10 Å². The SMILES string of the molecule is S=C(Nc1ncn(Cc2c(Cl)cccc2Cl)n1)NC1CCCCC1. The minimum Gasteiger partial charge on any atom is -0.360 e. The van der Waals surface area contributed by atoms with Crippen LogP contribution in [-0.4, -0.2) is 25.9 Å². The van der Waals surface area contributed by atoms with Crippen molar-refractivity contribution in [2.24, 2.45) is 0 Å². The van der Waals surface area contributed by atoms with Crippen molar-refractivity contribution >= 4 is 46.5 Å². The van der Waals surface area contributed by atoms with E-state index >= 15 is 0 Å². The van der Waals surface area contributed by atoms with Crippen LogP contribution in [0.5, 0.6) is 0 Å². The molecule has 3 rings (SSSR count). The van der Waals surface area contributed by atoms with Crippen LogP contribution < -0.4 is 10.6 Å². The van der Waals surface area contributed by atoms with Gasteiger partial charge in [0.05, 0.1) is 6.54 Å². The summed E-state index contributed by atoms with van der Waals surface area (Å²) in [5.41, 5.74) is 0.820. The Kier molecular flexibility index (Phi) is 5.92. The van der Waals surface area contributed by atoms with Gasteiger partial charge in [0.15, 0.2) is 5.11 Å². The molecule has 1 aromatic carbocycles. The van der Waals surface area contributed by atoms with E-state index in [1.807, 2.05) is 18.2 Å². The van der Waals surface area contributed by atoms with Gasteiger partial charge in [-0.2, -0.15) is 0 Å². The highest BCUT2D eigenvalue weighted by Gasteiger charge is 2.15. The van der Waals surface area contributed by atoms with Gasteiger partial charge in [0.2, 0.25) is 5.95 Å². The molecule has 5 nitrogen and oxygen atoms in total. The van der Waals surface area contributed by atoms with Crippen LogP contribution in [-0.2, 0) is 6.54 Å². The van der Waals surface area contributed by atoms with Crippen molar-refractivity contribution in [2.75, 3.05) is 5.32 Å². The third-order valence-corrected chi connectivity index (χ3v) is 5.01. The van der Waals surface area contributed by atoms with Crippen molar-refractivity contribution in [1.29, 1.82) is 0 Å². The van der Waals surface area contributed by atoms with Gasteiger partial charge in [-0.3, -0.25) is 5.32 Å². The van der Waals surface area contributed by atoms with E-state index in [1.54, 1.807) is 11.0 Å². The fourth-order valence-electron chi connectivity index (χ4n) is 2.84. The standard InChI is InChI=1S/C16H19Cl2N5S/c17-13-7-4-8-14(18)12(13)9-23-10-19-15(22-23)21-16(24)20-11-5-2-1-3-6-11/h4,7-8,10-11H,1-3,5-6,9H2,(H2,20,21,22,24). The molecule has 1 aliphatic rings. The lowest BCUT2D eigenvalue weighted by Crippen LogP contribution is -2.39. The maximum absolute atomic E-state index is 6.19. The molecule has 1 saturated carbocycles. The third kappa shape index (κ3) is 4.59. The lowest BCUT2D eigenvalue weighted by molar-refractivity contribution is 0.414. The zero-order valence-electron chi connectivity index (χ0n) is 13.1. The van der Waals surface area contributed by atoms with Crippen LogP contribution in [0.1, 0.15) is 37.7 Å². The number of thiocarbonyl (C=S) groups is 1. The zero-order valence-corrected chi connectivity index (χ0v) is 15.5. The van der Waals surface area contributed by atoms with Crippen LogP contribution in [0.25, 0.3) is 0 Å². The number of benzene rings is 1. The van der Waals surface area contributed by atoms with Crippen LogP contribution in [0.2, 0.25) is 10.0 Å². The van der Waals surface area contributed by atoms with Crippen LogP contribution in [0.15, 0.2) is 24.5 Å². The summed E-state index contributed by atoms with van der Waals surface area (Å²) in [5.74, 6) is 0.464. The number of nitrogens with zero attached hydrogens (tertiary/aromatic N) is 3. The number of anilines is 1. The number of hydrogen-bond donors (Lipinski definition) is 2. The normalized spacial score (nSPS) is 15.2. The highest BCUT2D eigenvalue weighted by Crippen LogP contribution is 2.25. The van der Waals surface area contributed by atoms with Gasteiger partial charge in [0.1, 0.15) is 6.33 Å². The molecule has 0 saturated heterocycles. The summed E-state index contributed by atoms with van der Waals surface area (Å²) in [4.78, 5) is 4.23. The molecular weight excluding hydrogens is 365 g/mol. The van der Waals surface area contributed by atoms with Crippen molar-refractivity contribution in [3.8, 4) is 0 Å². The van der Waals surface area contributed by atoms with Crippen molar-refractivity contribution in [3.63, 3.8) is 0 Å². The molecule has 1 aliphatic carbocycles. The Balaban J connectivity index is 1.58. The van der Waals surface area contributed by atoms with Crippen molar-refractivity contribution in [3.05, 3.63) is 40.1 Å². The van der Waals surface area contributed by atoms with Crippen molar-refractivity contribution in [1.82, 2.24) is 20.1 Å². The van der Waals surface area contributed by atoms with Gasteiger partial charge >= 0.3 is 0 Å². The number of halogens is 2. The first-order valence-corrected chi connectivity index (χ1v) is 9.18. The average Bonchev–Trinajstić information content (AvgIpc) is 2.99. The van der Waals surface area contributed by atoms with E-state index in [0.717, 1.165) is 18.4 Å². The third-order valence-electron chi connectivity index (χ3n) is 4.08. The summed E-state index contributed by atoms with van der Waals surface area (Å²) in [6, 6.07) is 5.88. The Morgan fingerprint density at radius 1 is 1.21 bits per heavy atom. The lowest BCUT2D eigenvalue weighted by Gasteiger charge is -2.23. The Morgan fingerprint density at radius 3 is 2.62 bits per heavy atom. The molecule has 8 heteroatoms. The van der Waals surface area contributed by atoms with Crippen molar-refractivity contribution in [2.45, 2.75) is 44.7 Å². The predicted octanol–water partition coefficient (Wildman–Crippen LogP) is 4.25. The molecule has 24 heavy (non-hydrogen) atoms. The number of rotatable bonds is 4. The lowest BCUT2D eigenvalue weighted by atomic mass is 9.96. The van der Waals surface area contributed by atoms with E-state index in [1.165, 1.54) is 19.3 Å². The van der Waals surface area contributed by atoms with Gasteiger partial charge in [-0.25, -0.2) is 9.67 Å². The molecule has 0 unspecified atom stereocenters. The topological polar surface area (TPSA) is 54.8 Å². The molecule has 1 heterocycles. The number of hydrogen-bond acceptors (Lipinski definition) is 3. The smallest absolute Gasteiger partial charge is 0.248 e. The second-order valence-electron chi connectivity index (χ2n) is 5.90. The number of nitrogens with one attached hydrogen (secondary N) is 2. The van der Waals surface area contributed by atoms with Gasteiger partial charge < -0.3 is 5.32 Å². The molecule has 0 atom stereocenters. The van der Waals surface area contributed by atoms with E-state index in [2.05, 4.69) is 20.7 Å². The minimum atomic E-state index is 0.447. The van der Waals surface area contributed by atoms with E-state index in [-0.39, 0.29) is 0 Å². The van der Waals surface area contributed by atoms with Crippen LogP contribution in [0, 0.1) is 0 Å². The fourth-order valence-corrected chi connectivity index (χ4v) is 3.62. The highest BCUT2D eigenvalue weighted by molar-refractivity contribution is 7.80. The molecule has 0 bridgehead atoms. The molecular formula is C16H19Cl2N5S. The largest absolute Gasteiger partial charge is 0.360 e. The Bertz CT molecular complexity index is 692. The van der Waals surface area contributed by atoms with Crippen LogP contribution in [0.3, 0.4) is 0 Å². The first kappa shape index (κ1) is 17.5. The Hall–Kier alpha value is -1.37. The summed E-state index contributed by atoms with van der Waals surface area (Å²) >= 11 is 17.7. The van der Waals surface area contributed by atoms with Crippen molar-refractivity contribution < 1.29 is 0 Å². The molecule has 0 amide bonds. The van der Waals surface area contributed by atoms with E-state index in [4.69, 9.17) is 35.4 Å². The average molecular weight is 384 g/mol. The molecule has 0 aliphatic heterocycles. The zero-order chi connectivity index (χ0) is 16.9. The quantitative estimate of drug-likeness (QED) is 0.772.